The van der Waals surface area contributed by atoms with E-state index >= 15 is 0 Å². The summed E-state index contributed by atoms with van der Waals surface area (Å²) in [5.41, 5.74) is 8.81. The molecule has 1 aromatic carbocycles. The first-order valence-electron chi connectivity index (χ1n) is 6.38. The zero-order chi connectivity index (χ0) is 14.8. The van der Waals surface area contributed by atoms with Crippen molar-refractivity contribution >= 4 is 11.5 Å². The summed E-state index contributed by atoms with van der Waals surface area (Å²) in [5.74, 6) is -0.384. The maximum Gasteiger partial charge on any atom is 0.338 e. The van der Waals surface area contributed by atoms with Crippen LogP contribution in [0.2, 0.25) is 0 Å². The second kappa shape index (κ2) is 8.97. The molecule has 0 bridgehead atoms. The average molecular weight is 261 g/mol. The van der Waals surface area contributed by atoms with Gasteiger partial charge in [0, 0.05) is 11.8 Å². The van der Waals surface area contributed by atoms with E-state index in [1.807, 2.05) is 45.0 Å². The molecule has 1 rings (SSSR count). The molecular formula is C16H23NO2. The summed E-state index contributed by atoms with van der Waals surface area (Å²) in [6, 6.07) is 7.81. The maximum absolute atomic E-state index is 11.6. The van der Waals surface area contributed by atoms with Gasteiger partial charge in [0.15, 0.2) is 0 Å². The van der Waals surface area contributed by atoms with E-state index < -0.39 is 0 Å². The third-order valence-corrected chi connectivity index (χ3v) is 2.51. The van der Waals surface area contributed by atoms with Gasteiger partial charge in [-0.1, -0.05) is 49.8 Å². The molecule has 0 aliphatic carbocycles. The molecule has 0 aliphatic heterocycles. The normalized spacial score (nSPS) is 11.4. The number of methoxy groups -OCH3 is 1. The SMILES string of the molecule is C/C=C(C(=O)OC)\C(=C/N)c1ccc(C)cc1.CC. The number of allylic oxidation sites excluding steroid dienone is 1. The number of hydrogen-bond donors (Lipinski definition) is 1. The molecule has 19 heavy (non-hydrogen) atoms. The standard InChI is InChI=1S/C14H17NO2.C2H6/c1-4-12(14(16)17-3)13(9-15)11-7-5-10(2)6-8-11;1-2/h4-9H,15H2,1-3H3;1-2H3/b12-4+,13-9-;. The Morgan fingerprint density at radius 1 is 1.21 bits per heavy atom. The fraction of sp³-hybridized carbons (Fsp3) is 0.312. The molecule has 0 fully saturated rings. The zero-order valence-corrected chi connectivity index (χ0v) is 12.4. The van der Waals surface area contributed by atoms with Crippen molar-refractivity contribution in [3.8, 4) is 0 Å². The van der Waals surface area contributed by atoms with Crippen molar-refractivity contribution in [2.24, 2.45) is 5.73 Å². The number of aryl methyl sites for hydroxylation is 1. The lowest BCUT2D eigenvalue weighted by molar-refractivity contribution is -0.135. The molecule has 2 N–H and O–H groups in total. The zero-order valence-electron chi connectivity index (χ0n) is 12.4. The van der Waals surface area contributed by atoms with Crippen molar-refractivity contribution in [2.75, 3.05) is 7.11 Å². The molecule has 3 nitrogen and oxygen atoms in total. The van der Waals surface area contributed by atoms with Gasteiger partial charge in [-0.05, 0) is 19.4 Å². The summed E-state index contributed by atoms with van der Waals surface area (Å²) >= 11 is 0. The number of carbonyl (C=O) groups is 1. The smallest absolute Gasteiger partial charge is 0.338 e. The Hall–Kier alpha value is -2.03. The van der Waals surface area contributed by atoms with E-state index in [-0.39, 0.29) is 5.97 Å². The van der Waals surface area contributed by atoms with Gasteiger partial charge in [0.1, 0.15) is 0 Å². The van der Waals surface area contributed by atoms with Crippen LogP contribution in [-0.2, 0) is 9.53 Å². The Bertz CT molecular complexity index is 456. The molecule has 0 unspecified atom stereocenters. The van der Waals surface area contributed by atoms with Gasteiger partial charge in [-0.2, -0.15) is 0 Å². The average Bonchev–Trinajstić information content (AvgIpc) is 2.47. The van der Waals surface area contributed by atoms with Crippen molar-refractivity contribution in [1.29, 1.82) is 0 Å². The highest BCUT2D eigenvalue weighted by Gasteiger charge is 2.15. The molecule has 104 valence electrons. The minimum absolute atomic E-state index is 0.384. The number of nitrogens with two attached hydrogens (primary N) is 1. The largest absolute Gasteiger partial charge is 0.465 e. The summed E-state index contributed by atoms with van der Waals surface area (Å²) in [4.78, 5) is 11.6. The Kier molecular flexibility index (Phi) is 8.02. The van der Waals surface area contributed by atoms with E-state index in [2.05, 4.69) is 0 Å². The first-order valence-corrected chi connectivity index (χ1v) is 6.38. The van der Waals surface area contributed by atoms with Crippen molar-refractivity contribution in [1.82, 2.24) is 0 Å². The molecule has 0 radical (unpaired) electrons. The van der Waals surface area contributed by atoms with E-state index in [9.17, 15) is 4.79 Å². The summed E-state index contributed by atoms with van der Waals surface area (Å²) in [6.07, 6.45) is 3.13. The van der Waals surface area contributed by atoms with Crippen LogP contribution in [-0.4, -0.2) is 13.1 Å². The maximum atomic E-state index is 11.6. The molecule has 0 saturated carbocycles. The number of hydrogen-bond acceptors (Lipinski definition) is 3. The van der Waals surface area contributed by atoms with Crippen LogP contribution < -0.4 is 5.73 Å². The third kappa shape index (κ3) is 4.62. The van der Waals surface area contributed by atoms with E-state index in [1.165, 1.54) is 13.3 Å². The van der Waals surface area contributed by atoms with Crippen LogP contribution in [0.25, 0.3) is 5.57 Å². The Morgan fingerprint density at radius 2 is 1.74 bits per heavy atom. The quantitative estimate of drug-likeness (QED) is 0.515. The van der Waals surface area contributed by atoms with Gasteiger partial charge in [0.05, 0.1) is 12.7 Å². The van der Waals surface area contributed by atoms with Gasteiger partial charge in [-0.25, -0.2) is 4.79 Å². The van der Waals surface area contributed by atoms with Crippen molar-refractivity contribution in [3.63, 3.8) is 0 Å². The van der Waals surface area contributed by atoms with Crippen LogP contribution in [0.1, 0.15) is 31.9 Å². The number of benzene rings is 1. The lowest BCUT2D eigenvalue weighted by Crippen LogP contribution is -2.08. The number of ether oxygens (including phenoxy) is 1. The topological polar surface area (TPSA) is 52.3 Å². The van der Waals surface area contributed by atoms with E-state index in [1.54, 1.807) is 13.0 Å². The summed E-state index contributed by atoms with van der Waals surface area (Å²) < 4.78 is 4.73. The van der Waals surface area contributed by atoms with E-state index in [4.69, 9.17) is 10.5 Å². The Balaban J connectivity index is 0.00000154. The molecule has 0 atom stereocenters. The van der Waals surface area contributed by atoms with Gasteiger partial charge < -0.3 is 10.5 Å². The predicted octanol–water partition coefficient (Wildman–Crippen LogP) is 3.44. The third-order valence-electron chi connectivity index (χ3n) is 2.51. The summed E-state index contributed by atoms with van der Waals surface area (Å²) in [7, 11) is 1.36. The molecular weight excluding hydrogens is 238 g/mol. The second-order valence-electron chi connectivity index (χ2n) is 3.64. The number of carbonyl (C=O) groups excluding carboxylic acids is 1. The molecule has 0 spiro atoms. The van der Waals surface area contributed by atoms with Crippen LogP contribution in [0.3, 0.4) is 0 Å². The second-order valence-corrected chi connectivity index (χ2v) is 3.64. The molecule has 1 aromatic rings. The predicted molar refractivity (Wildman–Crippen MR) is 80.5 cm³/mol. The van der Waals surface area contributed by atoms with Gasteiger partial charge in [0.2, 0.25) is 0 Å². The highest BCUT2D eigenvalue weighted by atomic mass is 16.5. The highest BCUT2D eigenvalue weighted by Crippen LogP contribution is 2.23. The highest BCUT2D eigenvalue weighted by molar-refractivity contribution is 6.06. The van der Waals surface area contributed by atoms with Gasteiger partial charge in [0.25, 0.3) is 0 Å². The lowest BCUT2D eigenvalue weighted by Gasteiger charge is -2.10. The van der Waals surface area contributed by atoms with Crippen LogP contribution in [0.15, 0.2) is 42.1 Å². The van der Waals surface area contributed by atoms with Crippen molar-refractivity contribution < 1.29 is 9.53 Å². The first-order chi connectivity index (χ1) is 9.13. The minimum Gasteiger partial charge on any atom is -0.465 e. The monoisotopic (exact) mass is 261 g/mol. The van der Waals surface area contributed by atoms with Crippen LogP contribution >= 0.6 is 0 Å². The van der Waals surface area contributed by atoms with Crippen LogP contribution in [0, 0.1) is 6.92 Å². The fourth-order valence-corrected chi connectivity index (χ4v) is 1.57. The van der Waals surface area contributed by atoms with E-state index in [0.717, 1.165) is 11.1 Å². The fourth-order valence-electron chi connectivity index (χ4n) is 1.57. The van der Waals surface area contributed by atoms with E-state index in [0.29, 0.717) is 11.1 Å². The molecule has 0 aliphatic rings. The van der Waals surface area contributed by atoms with Crippen LogP contribution in [0.4, 0.5) is 0 Å². The van der Waals surface area contributed by atoms with Gasteiger partial charge in [-0.3, -0.25) is 0 Å². The Morgan fingerprint density at radius 3 is 2.11 bits per heavy atom. The first kappa shape index (κ1) is 17.0. The Labute approximate surface area is 115 Å². The van der Waals surface area contributed by atoms with Gasteiger partial charge >= 0.3 is 5.97 Å². The molecule has 0 saturated heterocycles. The molecule has 0 amide bonds. The number of esters is 1. The van der Waals surface area contributed by atoms with Gasteiger partial charge in [-0.15, -0.1) is 0 Å². The molecule has 0 heterocycles. The molecule has 0 aromatic heterocycles. The van der Waals surface area contributed by atoms with Crippen molar-refractivity contribution in [2.45, 2.75) is 27.7 Å². The molecule has 3 heteroatoms. The van der Waals surface area contributed by atoms with Crippen molar-refractivity contribution in [3.05, 3.63) is 53.2 Å². The lowest BCUT2D eigenvalue weighted by atomic mass is 9.98. The number of rotatable bonds is 3. The summed E-state index contributed by atoms with van der Waals surface area (Å²) in [5, 5.41) is 0. The minimum atomic E-state index is -0.384. The van der Waals surface area contributed by atoms with Crippen LogP contribution in [0.5, 0.6) is 0 Å². The summed E-state index contributed by atoms with van der Waals surface area (Å²) in [6.45, 7) is 7.79.